The molecule has 2 atom stereocenters. The normalized spacial score (nSPS) is 20.1. The Balaban J connectivity index is 1.22. The minimum atomic E-state index is 0.0475. The van der Waals surface area contributed by atoms with E-state index in [4.69, 9.17) is 10.1 Å². The molecule has 2 aromatic heterocycles. The van der Waals surface area contributed by atoms with Crippen LogP contribution in [-0.2, 0) is 13.1 Å². The zero-order chi connectivity index (χ0) is 24.5. The van der Waals surface area contributed by atoms with E-state index >= 15 is 0 Å². The molecular weight excluding hydrogens is 458 g/mol. The largest absolute Gasteiger partial charge is 0.336 e. The lowest BCUT2D eigenvalue weighted by Gasteiger charge is -2.41. The first-order valence-corrected chi connectivity index (χ1v) is 12.9. The SMILES string of the molecule is Cc1cc(C)cc(Nc2ncc3c(n2)CN([C@@H]2CCN(C(=O)c4ccnc(SN)c4)[C@H](C)C2)C3)c1. The molecule has 1 fully saturated rings. The number of rotatable bonds is 5. The molecule has 9 heteroatoms. The lowest BCUT2D eigenvalue weighted by Crippen LogP contribution is -2.50. The summed E-state index contributed by atoms with van der Waals surface area (Å²) in [5.41, 5.74) is 6.34. The fourth-order valence-electron chi connectivity index (χ4n) is 5.23. The number of carbonyl (C=O) groups is 1. The Morgan fingerprint density at radius 3 is 2.69 bits per heavy atom. The molecule has 1 aromatic carbocycles. The van der Waals surface area contributed by atoms with Gasteiger partial charge < -0.3 is 10.2 Å². The number of carbonyl (C=O) groups excluding carboxylic acids is 1. The van der Waals surface area contributed by atoms with E-state index in [-0.39, 0.29) is 11.9 Å². The van der Waals surface area contributed by atoms with Crippen LogP contribution in [0.2, 0.25) is 0 Å². The van der Waals surface area contributed by atoms with Crippen LogP contribution in [-0.4, -0.2) is 49.3 Å². The van der Waals surface area contributed by atoms with Gasteiger partial charge in [-0.3, -0.25) is 14.8 Å². The second kappa shape index (κ2) is 9.93. The van der Waals surface area contributed by atoms with Crippen molar-refractivity contribution in [1.82, 2.24) is 24.8 Å². The van der Waals surface area contributed by atoms with Gasteiger partial charge in [0.25, 0.3) is 5.91 Å². The summed E-state index contributed by atoms with van der Waals surface area (Å²) in [5, 5.41) is 9.63. The molecule has 4 heterocycles. The van der Waals surface area contributed by atoms with E-state index in [1.54, 1.807) is 18.3 Å². The lowest BCUT2D eigenvalue weighted by molar-refractivity contribution is 0.0460. The highest BCUT2D eigenvalue weighted by atomic mass is 32.2. The maximum absolute atomic E-state index is 13.1. The van der Waals surface area contributed by atoms with E-state index in [0.29, 0.717) is 22.6 Å². The van der Waals surface area contributed by atoms with Gasteiger partial charge in [0.1, 0.15) is 5.03 Å². The molecule has 5 rings (SSSR count). The van der Waals surface area contributed by atoms with Gasteiger partial charge in [0.15, 0.2) is 0 Å². The van der Waals surface area contributed by atoms with E-state index in [0.717, 1.165) is 55.8 Å². The van der Waals surface area contributed by atoms with Crippen molar-refractivity contribution in [2.45, 2.75) is 63.8 Å². The summed E-state index contributed by atoms with van der Waals surface area (Å²) in [4.78, 5) is 31.1. The van der Waals surface area contributed by atoms with Crippen LogP contribution < -0.4 is 10.5 Å². The Labute approximate surface area is 210 Å². The van der Waals surface area contributed by atoms with Gasteiger partial charge in [-0.25, -0.2) is 15.0 Å². The van der Waals surface area contributed by atoms with Crippen molar-refractivity contribution in [3.8, 4) is 0 Å². The zero-order valence-corrected chi connectivity index (χ0v) is 21.2. The second-order valence-electron chi connectivity index (χ2n) is 9.60. The van der Waals surface area contributed by atoms with Gasteiger partial charge in [-0.1, -0.05) is 6.07 Å². The molecule has 3 N–H and O–H groups in total. The molecule has 182 valence electrons. The Morgan fingerprint density at radius 2 is 1.94 bits per heavy atom. The molecule has 0 bridgehead atoms. The molecular formula is C26H31N7OS. The minimum absolute atomic E-state index is 0.0475. The fourth-order valence-corrected chi connectivity index (χ4v) is 5.54. The zero-order valence-electron chi connectivity index (χ0n) is 20.4. The quantitative estimate of drug-likeness (QED) is 0.514. The Morgan fingerprint density at radius 1 is 1.14 bits per heavy atom. The number of pyridine rings is 1. The summed E-state index contributed by atoms with van der Waals surface area (Å²) in [6.07, 6.45) is 5.47. The molecule has 0 radical (unpaired) electrons. The Bertz CT molecular complexity index is 1230. The number of aryl methyl sites for hydroxylation is 2. The third-order valence-electron chi connectivity index (χ3n) is 6.89. The molecule has 0 spiro atoms. The molecule has 0 saturated carbocycles. The van der Waals surface area contributed by atoms with Crippen molar-refractivity contribution in [3.63, 3.8) is 0 Å². The number of nitrogens with one attached hydrogen (secondary N) is 1. The number of amides is 1. The number of nitrogens with zero attached hydrogens (tertiary/aromatic N) is 5. The molecule has 35 heavy (non-hydrogen) atoms. The molecule has 2 aliphatic heterocycles. The Hall–Kier alpha value is -3.01. The van der Waals surface area contributed by atoms with Gasteiger partial charge >= 0.3 is 0 Å². The van der Waals surface area contributed by atoms with Crippen molar-refractivity contribution in [1.29, 1.82) is 0 Å². The summed E-state index contributed by atoms with van der Waals surface area (Å²) < 4.78 is 0. The van der Waals surface area contributed by atoms with Crippen LogP contribution in [0.5, 0.6) is 0 Å². The molecule has 2 aliphatic rings. The first-order valence-electron chi connectivity index (χ1n) is 12.0. The number of anilines is 2. The van der Waals surface area contributed by atoms with E-state index < -0.39 is 0 Å². The molecule has 0 aliphatic carbocycles. The van der Waals surface area contributed by atoms with Crippen LogP contribution in [0.1, 0.15) is 52.5 Å². The van der Waals surface area contributed by atoms with Gasteiger partial charge in [0, 0.05) is 60.9 Å². The van der Waals surface area contributed by atoms with Crippen LogP contribution in [0.25, 0.3) is 0 Å². The number of likely N-dealkylation sites (tertiary alicyclic amines) is 1. The van der Waals surface area contributed by atoms with Crippen molar-refractivity contribution in [2.75, 3.05) is 11.9 Å². The molecule has 0 unspecified atom stereocenters. The van der Waals surface area contributed by atoms with Crippen LogP contribution in [0.4, 0.5) is 11.6 Å². The summed E-state index contributed by atoms with van der Waals surface area (Å²) in [7, 11) is 0. The van der Waals surface area contributed by atoms with Crippen LogP contribution >= 0.6 is 11.9 Å². The molecule has 1 amide bonds. The Kier molecular flexibility index (Phi) is 6.73. The van der Waals surface area contributed by atoms with Gasteiger partial charge in [-0.15, -0.1) is 0 Å². The van der Waals surface area contributed by atoms with Gasteiger partial charge in [-0.2, -0.15) is 0 Å². The van der Waals surface area contributed by atoms with Crippen molar-refractivity contribution >= 4 is 29.5 Å². The number of benzene rings is 1. The summed E-state index contributed by atoms with van der Waals surface area (Å²) >= 11 is 1.06. The van der Waals surface area contributed by atoms with Crippen LogP contribution in [0.15, 0.2) is 47.8 Å². The number of hydrogen-bond acceptors (Lipinski definition) is 8. The van der Waals surface area contributed by atoms with Crippen molar-refractivity contribution in [2.24, 2.45) is 5.14 Å². The predicted octanol–water partition coefficient (Wildman–Crippen LogP) is 4.21. The number of aromatic nitrogens is 3. The average molecular weight is 490 g/mol. The highest BCUT2D eigenvalue weighted by molar-refractivity contribution is 7.97. The first-order chi connectivity index (χ1) is 16.9. The first kappa shape index (κ1) is 23.7. The van der Waals surface area contributed by atoms with Crippen molar-refractivity contribution in [3.05, 3.63) is 70.7 Å². The maximum atomic E-state index is 13.1. The van der Waals surface area contributed by atoms with E-state index in [1.165, 1.54) is 16.7 Å². The third-order valence-corrected chi connectivity index (χ3v) is 7.35. The van der Waals surface area contributed by atoms with E-state index in [2.05, 4.69) is 59.2 Å². The minimum Gasteiger partial charge on any atom is -0.336 e. The van der Waals surface area contributed by atoms with E-state index in [9.17, 15) is 4.79 Å². The van der Waals surface area contributed by atoms with Gasteiger partial charge in [0.05, 0.1) is 5.69 Å². The van der Waals surface area contributed by atoms with Gasteiger partial charge in [0.2, 0.25) is 5.95 Å². The fraction of sp³-hybridized carbons (Fsp3) is 0.385. The topological polar surface area (TPSA) is 100 Å². The second-order valence-corrected chi connectivity index (χ2v) is 10.3. The lowest BCUT2D eigenvalue weighted by atomic mass is 9.96. The third kappa shape index (κ3) is 5.17. The number of fused-ring (bicyclic) bond motifs is 1. The average Bonchev–Trinajstić information content (AvgIpc) is 3.26. The highest BCUT2D eigenvalue weighted by Crippen LogP contribution is 2.31. The predicted molar refractivity (Wildman–Crippen MR) is 138 cm³/mol. The number of hydrogen-bond donors (Lipinski definition) is 2. The summed E-state index contributed by atoms with van der Waals surface area (Å²) in [5.74, 6) is 0.683. The maximum Gasteiger partial charge on any atom is 0.254 e. The standard InChI is InChI=1S/C26H31N7OS/c1-16-8-17(2)10-21(9-16)30-26-29-13-20-14-32(15-23(20)31-26)22-5-7-33(18(3)11-22)25(34)19-4-6-28-24(12-19)35-27/h4,6,8-10,12-13,18,22H,5,7,11,14-15,27H2,1-3H3,(H,29,30,31)/t18-,22-/m1/s1. The molecule has 3 aromatic rings. The highest BCUT2D eigenvalue weighted by Gasteiger charge is 2.35. The van der Waals surface area contributed by atoms with E-state index in [1.807, 2.05) is 11.1 Å². The summed E-state index contributed by atoms with van der Waals surface area (Å²) in [6, 6.07) is 10.5. The van der Waals surface area contributed by atoms with Crippen molar-refractivity contribution < 1.29 is 4.79 Å². The number of nitrogens with two attached hydrogens (primary N) is 1. The summed E-state index contributed by atoms with van der Waals surface area (Å²) in [6.45, 7) is 8.72. The smallest absolute Gasteiger partial charge is 0.254 e. The monoisotopic (exact) mass is 489 g/mol. The van der Waals surface area contributed by atoms with Gasteiger partial charge in [-0.05, 0) is 81.0 Å². The number of piperidine rings is 1. The molecule has 8 nitrogen and oxygen atoms in total. The van der Waals surface area contributed by atoms with Crippen LogP contribution in [0.3, 0.4) is 0 Å². The molecule has 1 saturated heterocycles. The van der Waals surface area contributed by atoms with Crippen LogP contribution in [0, 0.1) is 13.8 Å².